The van der Waals surface area contributed by atoms with Gasteiger partial charge in [-0.25, -0.2) is 0 Å². The molecule has 98 valence electrons. The van der Waals surface area contributed by atoms with Crippen molar-refractivity contribution in [2.24, 2.45) is 0 Å². The third-order valence-corrected chi connectivity index (χ3v) is 2.59. The zero-order valence-electron chi connectivity index (χ0n) is 9.29. The summed E-state index contributed by atoms with van der Waals surface area (Å²) >= 11 is 5.62. The molecule has 8 heteroatoms. The lowest BCUT2D eigenvalue weighted by molar-refractivity contribution is -0.384. The molecule has 0 radical (unpaired) electrons. The molecule has 7 nitrogen and oxygen atoms in total. The Bertz CT molecular complexity index is 652. The number of aromatic hydroxyl groups is 1. The lowest BCUT2D eigenvalue weighted by Gasteiger charge is -2.06. The molecule has 0 aliphatic heterocycles. The lowest BCUT2D eigenvalue weighted by atomic mass is 10.2. The molecule has 1 amide bonds. The highest BCUT2D eigenvalue weighted by Crippen LogP contribution is 2.29. The van der Waals surface area contributed by atoms with Crippen LogP contribution in [0, 0.1) is 10.1 Å². The van der Waals surface area contributed by atoms with E-state index >= 15 is 0 Å². The van der Waals surface area contributed by atoms with Crippen LogP contribution in [-0.2, 0) is 0 Å². The van der Waals surface area contributed by atoms with Crippen molar-refractivity contribution in [1.82, 2.24) is 0 Å². The minimum absolute atomic E-state index is 0.0626. The number of nitro groups is 1. The van der Waals surface area contributed by atoms with E-state index in [9.17, 15) is 20.0 Å². The number of carbonyl (C=O) groups excluding carboxylic acids is 1. The van der Waals surface area contributed by atoms with Crippen molar-refractivity contribution >= 4 is 28.9 Å². The third kappa shape index (κ3) is 2.66. The second kappa shape index (κ2) is 4.99. The van der Waals surface area contributed by atoms with Gasteiger partial charge in [-0.05, 0) is 23.7 Å². The quantitative estimate of drug-likeness (QED) is 0.511. The number of nitrogens with zero attached hydrogens (tertiary/aromatic N) is 1. The normalized spacial score (nSPS) is 10.2. The summed E-state index contributed by atoms with van der Waals surface area (Å²) in [5.41, 5.74) is -0.282. The van der Waals surface area contributed by atoms with Gasteiger partial charge in [-0.1, -0.05) is 0 Å². The number of rotatable bonds is 3. The average molecular weight is 283 g/mol. The summed E-state index contributed by atoms with van der Waals surface area (Å²) in [7, 11) is 0. The largest absolute Gasteiger partial charge is 0.506 e. The fourth-order valence-electron chi connectivity index (χ4n) is 1.38. The number of non-ortho nitro benzene ring substituents is 1. The van der Waals surface area contributed by atoms with Gasteiger partial charge in [0.2, 0.25) is 5.22 Å². The van der Waals surface area contributed by atoms with Crippen molar-refractivity contribution in [1.29, 1.82) is 0 Å². The first-order chi connectivity index (χ1) is 8.99. The number of nitrogens with one attached hydrogen (secondary N) is 1. The molecule has 0 aliphatic rings. The number of furan rings is 1. The Kier molecular flexibility index (Phi) is 3.39. The molecule has 2 rings (SSSR count). The minimum atomic E-state index is -0.644. The number of nitro benzene ring substituents is 1. The van der Waals surface area contributed by atoms with E-state index in [0.717, 1.165) is 18.2 Å². The van der Waals surface area contributed by atoms with Gasteiger partial charge in [-0.3, -0.25) is 14.9 Å². The molecule has 0 saturated heterocycles. The van der Waals surface area contributed by atoms with Crippen molar-refractivity contribution in [2.75, 3.05) is 5.32 Å². The van der Waals surface area contributed by atoms with Gasteiger partial charge in [-0.15, -0.1) is 0 Å². The summed E-state index contributed by atoms with van der Waals surface area (Å²) < 4.78 is 4.75. The first kappa shape index (κ1) is 12.9. The van der Waals surface area contributed by atoms with Crippen LogP contribution in [0.3, 0.4) is 0 Å². The van der Waals surface area contributed by atoms with Crippen LogP contribution in [0.4, 0.5) is 11.4 Å². The number of phenolic OH excluding ortho intramolecular Hbond substituents is 1. The van der Waals surface area contributed by atoms with E-state index in [-0.39, 0.29) is 27.9 Å². The Morgan fingerprint density at radius 1 is 1.42 bits per heavy atom. The van der Waals surface area contributed by atoms with Crippen molar-refractivity contribution in [3.8, 4) is 5.75 Å². The summed E-state index contributed by atoms with van der Waals surface area (Å²) in [6.07, 6.45) is 1.23. The average Bonchev–Trinajstić information content (AvgIpc) is 2.78. The highest BCUT2D eigenvalue weighted by atomic mass is 35.5. The molecule has 0 atom stereocenters. The first-order valence-electron chi connectivity index (χ1n) is 5.01. The first-order valence-corrected chi connectivity index (χ1v) is 5.38. The summed E-state index contributed by atoms with van der Waals surface area (Å²) in [5.74, 6) is -0.937. The van der Waals surface area contributed by atoms with Crippen LogP contribution < -0.4 is 5.32 Å². The zero-order valence-corrected chi connectivity index (χ0v) is 10.0. The molecule has 0 fully saturated rings. The van der Waals surface area contributed by atoms with E-state index in [2.05, 4.69) is 5.32 Å². The van der Waals surface area contributed by atoms with Crippen molar-refractivity contribution in [3.05, 3.63) is 51.4 Å². The molecule has 1 aromatic carbocycles. The number of hydrogen-bond donors (Lipinski definition) is 2. The molecule has 2 aromatic rings. The lowest BCUT2D eigenvalue weighted by Crippen LogP contribution is -2.11. The summed E-state index contributed by atoms with van der Waals surface area (Å²) in [4.78, 5) is 21.8. The Morgan fingerprint density at radius 3 is 2.74 bits per heavy atom. The van der Waals surface area contributed by atoms with Crippen molar-refractivity contribution < 1.29 is 19.2 Å². The second-order valence-corrected chi connectivity index (χ2v) is 3.86. The van der Waals surface area contributed by atoms with Crippen molar-refractivity contribution in [3.63, 3.8) is 0 Å². The predicted molar refractivity (Wildman–Crippen MR) is 66.4 cm³/mol. The fraction of sp³-hybridized carbons (Fsp3) is 0. The van der Waals surface area contributed by atoms with Crippen LogP contribution in [-0.4, -0.2) is 15.9 Å². The molecule has 2 N–H and O–H groups in total. The van der Waals surface area contributed by atoms with Crippen LogP contribution in [0.2, 0.25) is 5.22 Å². The highest BCUT2D eigenvalue weighted by Gasteiger charge is 2.16. The number of phenols is 1. The van der Waals surface area contributed by atoms with Gasteiger partial charge in [0.25, 0.3) is 11.6 Å². The van der Waals surface area contributed by atoms with Crippen molar-refractivity contribution in [2.45, 2.75) is 0 Å². The number of anilines is 1. The maximum absolute atomic E-state index is 11.8. The fourth-order valence-corrected chi connectivity index (χ4v) is 1.58. The van der Waals surface area contributed by atoms with E-state index in [1.807, 2.05) is 0 Å². The van der Waals surface area contributed by atoms with Crippen LogP contribution in [0.15, 0.2) is 34.9 Å². The highest BCUT2D eigenvalue weighted by molar-refractivity contribution is 6.32. The molecule has 0 unspecified atom stereocenters. The third-order valence-electron chi connectivity index (χ3n) is 2.30. The van der Waals surface area contributed by atoms with E-state index in [1.165, 1.54) is 12.3 Å². The molecule has 0 saturated carbocycles. The predicted octanol–water partition coefficient (Wildman–Crippen LogP) is 2.80. The number of carbonyl (C=O) groups is 1. The standard InChI is InChI=1S/C11H7ClN2O5/c12-10-7(3-4-19-10)11(16)13-8-5-6(14(17)18)1-2-9(8)15/h1-5,15H,(H,13,16). The molecular formula is C11H7ClN2O5. The Balaban J connectivity index is 2.28. The van der Waals surface area contributed by atoms with E-state index in [1.54, 1.807) is 0 Å². The monoisotopic (exact) mass is 282 g/mol. The van der Waals surface area contributed by atoms with Crippen LogP contribution in [0.25, 0.3) is 0 Å². The number of halogens is 1. The molecule has 1 heterocycles. The van der Waals surface area contributed by atoms with Crippen LogP contribution >= 0.6 is 11.6 Å². The van der Waals surface area contributed by atoms with Gasteiger partial charge in [0.05, 0.1) is 22.4 Å². The second-order valence-electron chi connectivity index (χ2n) is 3.52. The van der Waals surface area contributed by atoms with Gasteiger partial charge in [0.15, 0.2) is 0 Å². The topological polar surface area (TPSA) is 106 Å². The van der Waals surface area contributed by atoms with E-state index in [4.69, 9.17) is 16.0 Å². The summed E-state index contributed by atoms with van der Waals surface area (Å²) in [5, 5.41) is 22.3. The summed E-state index contributed by atoms with van der Waals surface area (Å²) in [6.45, 7) is 0. The smallest absolute Gasteiger partial charge is 0.271 e. The molecule has 0 bridgehead atoms. The number of hydrogen-bond acceptors (Lipinski definition) is 5. The van der Waals surface area contributed by atoms with Crippen LogP contribution in [0.1, 0.15) is 10.4 Å². The van der Waals surface area contributed by atoms with E-state index < -0.39 is 10.8 Å². The maximum atomic E-state index is 11.8. The molecule has 0 aliphatic carbocycles. The van der Waals surface area contributed by atoms with Gasteiger partial charge in [-0.2, -0.15) is 0 Å². The molecule has 1 aromatic heterocycles. The maximum Gasteiger partial charge on any atom is 0.271 e. The minimum Gasteiger partial charge on any atom is -0.506 e. The van der Waals surface area contributed by atoms with Gasteiger partial charge < -0.3 is 14.8 Å². The molecular weight excluding hydrogens is 276 g/mol. The zero-order chi connectivity index (χ0) is 14.0. The Morgan fingerprint density at radius 2 is 2.16 bits per heavy atom. The Labute approximate surface area is 111 Å². The Hall–Kier alpha value is -2.54. The molecule has 19 heavy (non-hydrogen) atoms. The SMILES string of the molecule is O=C(Nc1cc([N+](=O)[O-])ccc1O)c1ccoc1Cl. The number of amides is 1. The molecule has 0 spiro atoms. The summed E-state index contributed by atoms with van der Waals surface area (Å²) in [6, 6.07) is 4.62. The van der Waals surface area contributed by atoms with E-state index in [0.29, 0.717) is 0 Å². The van der Waals surface area contributed by atoms with Gasteiger partial charge in [0.1, 0.15) is 5.75 Å². The number of benzene rings is 1. The van der Waals surface area contributed by atoms with Crippen LogP contribution in [0.5, 0.6) is 5.75 Å². The van der Waals surface area contributed by atoms with Gasteiger partial charge >= 0.3 is 0 Å². The van der Waals surface area contributed by atoms with Gasteiger partial charge in [0, 0.05) is 12.1 Å².